The Balaban J connectivity index is 1.81. The summed E-state index contributed by atoms with van der Waals surface area (Å²) in [5, 5.41) is 2.74. The molecule has 0 aliphatic heterocycles. The first-order valence-corrected chi connectivity index (χ1v) is 8.58. The largest absolute Gasteiger partial charge is 0.493 e. The number of fused-ring (bicyclic) bond motifs is 1. The van der Waals surface area contributed by atoms with E-state index in [2.05, 4.69) is 10.3 Å². The summed E-state index contributed by atoms with van der Waals surface area (Å²) >= 11 is 0. The highest BCUT2D eigenvalue weighted by molar-refractivity contribution is 5.93. The summed E-state index contributed by atoms with van der Waals surface area (Å²) in [6, 6.07) is 12.6. The number of carbonyl (C=O) groups excluding carboxylic acids is 1. The Morgan fingerprint density at radius 3 is 2.70 bits per heavy atom. The quantitative estimate of drug-likeness (QED) is 0.723. The van der Waals surface area contributed by atoms with Crippen molar-refractivity contribution < 1.29 is 14.3 Å². The maximum atomic E-state index is 12.5. The van der Waals surface area contributed by atoms with E-state index in [0.29, 0.717) is 29.1 Å². The third kappa shape index (κ3) is 3.76. The van der Waals surface area contributed by atoms with E-state index in [4.69, 9.17) is 9.47 Å². The van der Waals surface area contributed by atoms with Gasteiger partial charge in [0.15, 0.2) is 17.2 Å². The molecule has 0 atom stereocenters. The number of hydrogen-bond acceptors (Lipinski definition) is 5. The molecule has 3 rings (SSSR count). The standard InChI is InChI=1S/C20H21N3O4/c1-4-27-16-10-9-13(11-17(16)26-3)12-21-19(24)18-20(25)23(2)15-8-6-5-7-14(15)22-18/h5-11H,4,12H2,1-3H3,(H,21,24). The van der Waals surface area contributed by atoms with Crippen LogP contribution in [0.15, 0.2) is 47.3 Å². The Kier molecular flexibility index (Phi) is 5.40. The summed E-state index contributed by atoms with van der Waals surface area (Å²) in [6.07, 6.45) is 0. The first-order valence-electron chi connectivity index (χ1n) is 8.58. The topological polar surface area (TPSA) is 82.5 Å². The molecule has 7 heteroatoms. The lowest BCUT2D eigenvalue weighted by molar-refractivity contribution is 0.0944. The van der Waals surface area contributed by atoms with Gasteiger partial charge < -0.3 is 19.4 Å². The van der Waals surface area contributed by atoms with E-state index < -0.39 is 11.5 Å². The number of nitrogens with one attached hydrogen (secondary N) is 1. The summed E-state index contributed by atoms with van der Waals surface area (Å²) < 4.78 is 12.2. The number of benzene rings is 2. The van der Waals surface area contributed by atoms with Gasteiger partial charge in [-0.2, -0.15) is 0 Å². The molecule has 3 aromatic rings. The Morgan fingerprint density at radius 1 is 1.19 bits per heavy atom. The fourth-order valence-corrected chi connectivity index (χ4v) is 2.79. The van der Waals surface area contributed by atoms with Gasteiger partial charge in [0.1, 0.15) is 0 Å². The molecule has 0 aliphatic rings. The Morgan fingerprint density at radius 2 is 1.96 bits per heavy atom. The zero-order valence-electron chi connectivity index (χ0n) is 15.5. The molecule has 1 N–H and O–H groups in total. The minimum Gasteiger partial charge on any atom is -0.493 e. The van der Waals surface area contributed by atoms with Crippen LogP contribution in [-0.4, -0.2) is 29.2 Å². The number of rotatable bonds is 6. The van der Waals surface area contributed by atoms with Crippen molar-refractivity contribution >= 4 is 16.9 Å². The highest BCUT2D eigenvalue weighted by Gasteiger charge is 2.16. The molecule has 0 saturated heterocycles. The number of carbonyl (C=O) groups is 1. The van der Waals surface area contributed by atoms with Crippen molar-refractivity contribution in [2.45, 2.75) is 13.5 Å². The van der Waals surface area contributed by atoms with Crippen LogP contribution in [0.1, 0.15) is 23.0 Å². The number of nitrogens with zero attached hydrogens (tertiary/aromatic N) is 2. The number of methoxy groups -OCH3 is 1. The predicted molar refractivity (Wildman–Crippen MR) is 102 cm³/mol. The molecule has 0 radical (unpaired) electrons. The normalized spacial score (nSPS) is 10.6. The molecule has 7 nitrogen and oxygen atoms in total. The van der Waals surface area contributed by atoms with Crippen LogP contribution in [0.3, 0.4) is 0 Å². The molecule has 0 aliphatic carbocycles. The van der Waals surface area contributed by atoms with Crippen LogP contribution >= 0.6 is 0 Å². The maximum absolute atomic E-state index is 12.5. The van der Waals surface area contributed by atoms with Gasteiger partial charge in [0, 0.05) is 13.6 Å². The zero-order chi connectivity index (χ0) is 19.4. The van der Waals surface area contributed by atoms with Crippen LogP contribution in [0, 0.1) is 0 Å². The van der Waals surface area contributed by atoms with Crippen LogP contribution < -0.4 is 20.3 Å². The molecule has 0 spiro atoms. The van der Waals surface area contributed by atoms with Gasteiger partial charge in [-0.05, 0) is 36.8 Å². The van der Waals surface area contributed by atoms with E-state index >= 15 is 0 Å². The number of para-hydroxylation sites is 2. The second-order valence-corrected chi connectivity index (χ2v) is 5.91. The number of ether oxygens (including phenoxy) is 2. The summed E-state index contributed by atoms with van der Waals surface area (Å²) in [6.45, 7) is 2.66. The van der Waals surface area contributed by atoms with E-state index in [0.717, 1.165) is 5.56 Å². The van der Waals surface area contributed by atoms with Crippen molar-refractivity contribution in [1.82, 2.24) is 14.9 Å². The molecule has 140 valence electrons. The molecule has 0 fully saturated rings. The molecular formula is C20H21N3O4. The molecule has 27 heavy (non-hydrogen) atoms. The van der Waals surface area contributed by atoms with Crippen molar-refractivity contribution in [2.75, 3.05) is 13.7 Å². The number of aromatic nitrogens is 2. The van der Waals surface area contributed by atoms with Crippen LogP contribution in [0.2, 0.25) is 0 Å². The van der Waals surface area contributed by atoms with E-state index in [1.165, 1.54) is 4.57 Å². The van der Waals surface area contributed by atoms with E-state index in [1.807, 2.05) is 25.1 Å². The molecule has 0 saturated carbocycles. The van der Waals surface area contributed by atoms with Crippen molar-refractivity contribution in [1.29, 1.82) is 0 Å². The average Bonchev–Trinajstić information content (AvgIpc) is 2.69. The zero-order valence-corrected chi connectivity index (χ0v) is 15.5. The van der Waals surface area contributed by atoms with Gasteiger partial charge in [-0.1, -0.05) is 18.2 Å². The molecule has 0 bridgehead atoms. The summed E-state index contributed by atoms with van der Waals surface area (Å²) in [7, 11) is 3.18. The Hall–Kier alpha value is -3.35. The monoisotopic (exact) mass is 367 g/mol. The molecule has 1 aromatic heterocycles. The van der Waals surface area contributed by atoms with Gasteiger partial charge >= 0.3 is 0 Å². The lowest BCUT2D eigenvalue weighted by Crippen LogP contribution is -2.33. The van der Waals surface area contributed by atoms with Gasteiger partial charge in [0.2, 0.25) is 0 Å². The fourth-order valence-electron chi connectivity index (χ4n) is 2.79. The number of amides is 1. The molecule has 0 unspecified atom stereocenters. The van der Waals surface area contributed by atoms with Gasteiger partial charge in [0.25, 0.3) is 11.5 Å². The van der Waals surface area contributed by atoms with Crippen LogP contribution in [-0.2, 0) is 13.6 Å². The highest BCUT2D eigenvalue weighted by Crippen LogP contribution is 2.27. The summed E-state index contributed by atoms with van der Waals surface area (Å²) in [5.74, 6) is 0.706. The van der Waals surface area contributed by atoms with Crippen LogP contribution in [0.25, 0.3) is 11.0 Å². The van der Waals surface area contributed by atoms with Gasteiger partial charge in [-0.3, -0.25) is 9.59 Å². The Labute approximate surface area is 156 Å². The maximum Gasteiger partial charge on any atom is 0.282 e. The van der Waals surface area contributed by atoms with Gasteiger partial charge in [-0.25, -0.2) is 4.98 Å². The van der Waals surface area contributed by atoms with Crippen molar-refractivity contribution in [3.05, 3.63) is 64.1 Å². The minimum atomic E-state index is -0.519. The van der Waals surface area contributed by atoms with Crippen molar-refractivity contribution in [3.63, 3.8) is 0 Å². The first-order chi connectivity index (χ1) is 13.0. The minimum absolute atomic E-state index is 0.130. The second-order valence-electron chi connectivity index (χ2n) is 5.91. The van der Waals surface area contributed by atoms with Gasteiger partial charge in [-0.15, -0.1) is 0 Å². The average molecular weight is 367 g/mol. The number of hydrogen-bond donors (Lipinski definition) is 1. The lowest BCUT2D eigenvalue weighted by Gasteiger charge is -2.12. The Bertz CT molecular complexity index is 1040. The van der Waals surface area contributed by atoms with E-state index in [9.17, 15) is 9.59 Å². The number of aryl methyl sites for hydroxylation is 1. The van der Waals surface area contributed by atoms with E-state index in [1.54, 1.807) is 38.4 Å². The fraction of sp³-hybridized carbons (Fsp3) is 0.250. The lowest BCUT2D eigenvalue weighted by atomic mass is 10.2. The molecule has 1 heterocycles. The molecular weight excluding hydrogens is 346 g/mol. The van der Waals surface area contributed by atoms with Crippen molar-refractivity contribution in [2.24, 2.45) is 7.05 Å². The SMILES string of the molecule is CCOc1ccc(CNC(=O)c2nc3ccccc3n(C)c2=O)cc1OC. The predicted octanol–water partition coefficient (Wildman–Crippen LogP) is 2.27. The van der Waals surface area contributed by atoms with Crippen LogP contribution in [0.5, 0.6) is 11.5 Å². The summed E-state index contributed by atoms with van der Waals surface area (Å²) in [5.41, 5.74) is 1.52. The van der Waals surface area contributed by atoms with Gasteiger partial charge in [0.05, 0.1) is 24.8 Å². The van der Waals surface area contributed by atoms with Crippen LogP contribution in [0.4, 0.5) is 0 Å². The smallest absolute Gasteiger partial charge is 0.282 e. The third-order valence-corrected chi connectivity index (χ3v) is 4.18. The summed E-state index contributed by atoms with van der Waals surface area (Å²) in [4.78, 5) is 29.2. The molecule has 1 amide bonds. The van der Waals surface area contributed by atoms with Crippen molar-refractivity contribution in [3.8, 4) is 11.5 Å². The highest BCUT2D eigenvalue weighted by atomic mass is 16.5. The second kappa shape index (κ2) is 7.90. The molecule has 2 aromatic carbocycles. The third-order valence-electron chi connectivity index (χ3n) is 4.18. The first kappa shape index (κ1) is 18.4. The van der Waals surface area contributed by atoms with E-state index in [-0.39, 0.29) is 12.2 Å².